The summed E-state index contributed by atoms with van der Waals surface area (Å²) in [6, 6.07) is 6.79. The van der Waals surface area contributed by atoms with Gasteiger partial charge in [0.1, 0.15) is 17.4 Å². The van der Waals surface area contributed by atoms with Crippen LogP contribution in [0.5, 0.6) is 0 Å². The number of benzene rings is 1. The third-order valence-corrected chi connectivity index (χ3v) is 2.13. The Morgan fingerprint density at radius 1 is 1.33 bits per heavy atom. The zero-order chi connectivity index (χ0) is 10.8. The van der Waals surface area contributed by atoms with E-state index < -0.39 is 5.78 Å². The summed E-state index contributed by atoms with van der Waals surface area (Å²) in [5.41, 5.74) is 0.175. The van der Waals surface area contributed by atoms with Gasteiger partial charge in [-0.2, -0.15) is 0 Å². The maximum absolute atomic E-state index is 11.8. The van der Waals surface area contributed by atoms with Gasteiger partial charge in [-0.3, -0.25) is 9.59 Å². The molecule has 0 saturated carbocycles. The van der Waals surface area contributed by atoms with Crippen LogP contribution in [0, 0.1) is 0 Å². The Kier molecular flexibility index (Phi) is 2.21. The molecule has 0 atom stereocenters. The number of allylic oxidation sites excluding steroid dienone is 1. The monoisotopic (exact) mass is 200 g/mol. The molecular weight excluding hydrogens is 192 g/mol. The molecule has 0 aliphatic carbocycles. The van der Waals surface area contributed by atoms with Gasteiger partial charge in [-0.1, -0.05) is 18.7 Å². The van der Waals surface area contributed by atoms with Crippen LogP contribution in [0.1, 0.15) is 10.4 Å². The molecule has 1 heterocycles. The summed E-state index contributed by atoms with van der Waals surface area (Å²) in [5.74, 6) is -0.422. The van der Waals surface area contributed by atoms with Crippen molar-refractivity contribution in [3.8, 4) is 0 Å². The normalized spacial score (nSPS) is 10.1. The van der Waals surface area contributed by atoms with Gasteiger partial charge in [-0.05, 0) is 18.2 Å². The lowest BCUT2D eigenvalue weighted by atomic mass is 10.1. The van der Waals surface area contributed by atoms with Gasteiger partial charge in [0.05, 0.1) is 5.39 Å². The highest BCUT2D eigenvalue weighted by Crippen LogP contribution is 2.10. The van der Waals surface area contributed by atoms with Gasteiger partial charge in [-0.25, -0.2) is 0 Å². The Hall–Kier alpha value is -2.16. The first-order valence-corrected chi connectivity index (χ1v) is 4.41. The number of rotatable bonds is 2. The van der Waals surface area contributed by atoms with Crippen LogP contribution in [-0.2, 0) is 0 Å². The Labute approximate surface area is 85.6 Å². The van der Waals surface area contributed by atoms with Crippen LogP contribution >= 0.6 is 0 Å². The van der Waals surface area contributed by atoms with Crippen LogP contribution < -0.4 is 5.43 Å². The van der Waals surface area contributed by atoms with Gasteiger partial charge in [0.15, 0.2) is 5.78 Å². The van der Waals surface area contributed by atoms with Crippen LogP contribution in [0.3, 0.4) is 0 Å². The SMILES string of the molecule is C=CC(=O)c1coc2ccccc2c1=O. The average Bonchev–Trinajstić information content (AvgIpc) is 2.29. The summed E-state index contributed by atoms with van der Waals surface area (Å²) >= 11 is 0. The highest BCUT2D eigenvalue weighted by molar-refractivity contribution is 6.05. The predicted octanol–water partition coefficient (Wildman–Crippen LogP) is 2.16. The molecule has 0 aliphatic rings. The number of para-hydroxylation sites is 1. The molecule has 2 rings (SSSR count). The summed E-state index contributed by atoms with van der Waals surface area (Å²) in [5, 5.41) is 0.408. The van der Waals surface area contributed by atoms with E-state index in [1.807, 2.05) is 0 Å². The predicted molar refractivity (Wildman–Crippen MR) is 57.0 cm³/mol. The minimum atomic E-state index is -0.422. The molecule has 1 aromatic heterocycles. The fraction of sp³-hybridized carbons (Fsp3) is 0. The van der Waals surface area contributed by atoms with Crippen LogP contribution in [0.4, 0.5) is 0 Å². The van der Waals surface area contributed by atoms with Gasteiger partial charge in [0.25, 0.3) is 0 Å². The molecule has 2 aromatic rings. The molecule has 0 aliphatic heterocycles. The number of ketones is 1. The average molecular weight is 200 g/mol. The van der Waals surface area contributed by atoms with Gasteiger partial charge >= 0.3 is 0 Å². The number of carbonyl (C=O) groups excluding carboxylic acids is 1. The second-order valence-corrected chi connectivity index (χ2v) is 3.04. The maximum Gasteiger partial charge on any atom is 0.203 e. The lowest BCUT2D eigenvalue weighted by molar-refractivity contribution is 0.104. The first-order chi connectivity index (χ1) is 7.24. The second kappa shape index (κ2) is 3.53. The molecule has 15 heavy (non-hydrogen) atoms. The van der Waals surface area contributed by atoms with Crippen molar-refractivity contribution in [1.29, 1.82) is 0 Å². The molecular formula is C12H8O3. The summed E-state index contributed by atoms with van der Waals surface area (Å²) in [7, 11) is 0. The zero-order valence-electron chi connectivity index (χ0n) is 7.90. The topological polar surface area (TPSA) is 47.3 Å². The molecule has 0 amide bonds. The van der Waals surface area contributed by atoms with E-state index in [4.69, 9.17) is 4.42 Å². The summed E-state index contributed by atoms with van der Waals surface area (Å²) in [4.78, 5) is 23.1. The fourth-order valence-electron chi connectivity index (χ4n) is 1.36. The molecule has 74 valence electrons. The van der Waals surface area contributed by atoms with E-state index in [-0.39, 0.29) is 11.0 Å². The molecule has 0 spiro atoms. The number of fused-ring (bicyclic) bond motifs is 1. The van der Waals surface area contributed by atoms with Crippen molar-refractivity contribution in [2.45, 2.75) is 0 Å². The van der Waals surface area contributed by atoms with E-state index in [1.165, 1.54) is 6.26 Å². The molecule has 0 bridgehead atoms. The highest BCUT2D eigenvalue weighted by Gasteiger charge is 2.10. The Balaban J connectivity index is 2.82. The second-order valence-electron chi connectivity index (χ2n) is 3.04. The van der Waals surface area contributed by atoms with Gasteiger partial charge in [0.2, 0.25) is 5.43 Å². The molecule has 3 heteroatoms. The summed E-state index contributed by atoms with van der Waals surface area (Å²) in [6.45, 7) is 3.33. The largest absolute Gasteiger partial charge is 0.463 e. The van der Waals surface area contributed by atoms with Crippen molar-refractivity contribution < 1.29 is 9.21 Å². The van der Waals surface area contributed by atoms with Crippen molar-refractivity contribution >= 4 is 16.8 Å². The van der Waals surface area contributed by atoms with E-state index in [9.17, 15) is 9.59 Å². The van der Waals surface area contributed by atoms with E-state index in [0.717, 1.165) is 6.08 Å². The number of hydrogen-bond donors (Lipinski definition) is 0. The minimum Gasteiger partial charge on any atom is -0.463 e. The molecule has 0 fully saturated rings. The van der Waals surface area contributed by atoms with Crippen molar-refractivity contribution in [3.63, 3.8) is 0 Å². The highest BCUT2D eigenvalue weighted by atomic mass is 16.3. The van der Waals surface area contributed by atoms with Gasteiger partial charge in [-0.15, -0.1) is 0 Å². The van der Waals surface area contributed by atoms with Crippen molar-refractivity contribution in [2.24, 2.45) is 0 Å². The quantitative estimate of drug-likeness (QED) is 0.551. The third kappa shape index (κ3) is 1.48. The van der Waals surface area contributed by atoms with Crippen molar-refractivity contribution in [2.75, 3.05) is 0 Å². The standard InChI is InChI=1S/C12H8O3/c1-2-10(13)9-7-15-11-6-4-3-5-8(11)12(9)14/h2-7H,1H2. The molecule has 0 unspecified atom stereocenters. The Morgan fingerprint density at radius 2 is 2.07 bits per heavy atom. The number of hydrogen-bond acceptors (Lipinski definition) is 3. The first kappa shape index (κ1) is 9.40. The van der Waals surface area contributed by atoms with Crippen LogP contribution in [0.25, 0.3) is 11.0 Å². The van der Waals surface area contributed by atoms with E-state index in [0.29, 0.717) is 11.0 Å². The van der Waals surface area contributed by atoms with Crippen molar-refractivity contribution in [1.82, 2.24) is 0 Å². The van der Waals surface area contributed by atoms with E-state index in [2.05, 4.69) is 6.58 Å². The lowest BCUT2D eigenvalue weighted by Gasteiger charge is -1.97. The lowest BCUT2D eigenvalue weighted by Crippen LogP contribution is -2.12. The maximum atomic E-state index is 11.8. The minimum absolute atomic E-state index is 0.0173. The van der Waals surface area contributed by atoms with Gasteiger partial charge in [0, 0.05) is 0 Å². The zero-order valence-corrected chi connectivity index (χ0v) is 7.90. The molecule has 0 saturated heterocycles. The summed E-state index contributed by atoms with van der Waals surface area (Å²) in [6.07, 6.45) is 2.27. The third-order valence-electron chi connectivity index (χ3n) is 2.13. The number of carbonyl (C=O) groups is 1. The van der Waals surface area contributed by atoms with Crippen LogP contribution in [0.2, 0.25) is 0 Å². The molecule has 3 nitrogen and oxygen atoms in total. The van der Waals surface area contributed by atoms with Crippen molar-refractivity contribution in [3.05, 3.63) is 59.0 Å². The van der Waals surface area contributed by atoms with Gasteiger partial charge < -0.3 is 4.42 Å². The van der Waals surface area contributed by atoms with E-state index >= 15 is 0 Å². The smallest absolute Gasteiger partial charge is 0.203 e. The van der Waals surface area contributed by atoms with E-state index in [1.54, 1.807) is 24.3 Å². The molecule has 1 aromatic carbocycles. The Bertz CT molecular complexity index is 593. The fourth-order valence-corrected chi connectivity index (χ4v) is 1.36. The van der Waals surface area contributed by atoms with Crippen LogP contribution in [0.15, 0.2) is 52.4 Å². The van der Waals surface area contributed by atoms with Crippen LogP contribution in [-0.4, -0.2) is 5.78 Å². The Morgan fingerprint density at radius 3 is 2.80 bits per heavy atom. The summed E-state index contributed by atoms with van der Waals surface area (Å²) < 4.78 is 5.18. The molecule has 0 N–H and O–H groups in total. The molecule has 0 radical (unpaired) electrons. The first-order valence-electron chi connectivity index (χ1n) is 4.41.